The lowest BCUT2D eigenvalue weighted by Crippen LogP contribution is -2.31. The minimum atomic E-state index is -4.56. The van der Waals surface area contributed by atoms with Crippen LogP contribution < -0.4 is 20.3 Å². The summed E-state index contributed by atoms with van der Waals surface area (Å²) in [6, 6.07) is 12.0. The second kappa shape index (κ2) is 12.2. The number of amides is 1. The summed E-state index contributed by atoms with van der Waals surface area (Å²) >= 11 is 0. The topological polar surface area (TPSA) is 108 Å². The largest absolute Gasteiger partial charge is 0.438 e. The Morgan fingerprint density at radius 2 is 1.91 bits per heavy atom. The van der Waals surface area contributed by atoms with E-state index < -0.39 is 17.6 Å². The molecule has 1 atom stereocenters. The Morgan fingerprint density at radius 1 is 1.09 bits per heavy atom. The Hall–Kier alpha value is -4.78. The molecular weight excluding hydrogens is 561 g/mol. The molecule has 1 saturated heterocycles. The fraction of sp³-hybridized carbons (Fsp3) is 0.300. The Balaban J connectivity index is 1.43. The summed E-state index contributed by atoms with van der Waals surface area (Å²) in [5, 5.41) is 5.58. The van der Waals surface area contributed by atoms with Crippen LogP contribution in [0.4, 0.5) is 30.5 Å². The van der Waals surface area contributed by atoms with Gasteiger partial charge in [-0.3, -0.25) is 4.79 Å². The molecule has 224 valence electrons. The molecule has 3 heterocycles. The van der Waals surface area contributed by atoms with E-state index in [1.54, 1.807) is 44.4 Å². The van der Waals surface area contributed by atoms with Crippen molar-refractivity contribution in [3.05, 3.63) is 77.7 Å². The molecule has 0 radical (unpaired) electrons. The predicted octanol–water partition coefficient (Wildman–Crippen LogP) is 5.49. The highest BCUT2D eigenvalue weighted by atomic mass is 19.4. The molecule has 0 aliphatic carbocycles. The summed E-state index contributed by atoms with van der Waals surface area (Å²) in [6.45, 7) is 3.09. The number of aromatic nitrogens is 4. The zero-order chi connectivity index (χ0) is 30.7. The molecule has 2 N–H and O–H groups in total. The van der Waals surface area contributed by atoms with Crippen molar-refractivity contribution in [3.63, 3.8) is 0 Å². The van der Waals surface area contributed by atoms with E-state index >= 15 is 0 Å². The number of aryl methyl sites for hydroxylation is 1. The lowest BCUT2D eigenvalue weighted by Gasteiger charge is -2.25. The van der Waals surface area contributed by atoms with Crippen molar-refractivity contribution in [2.75, 3.05) is 49.8 Å². The van der Waals surface area contributed by atoms with Crippen LogP contribution in [0.3, 0.4) is 0 Å². The quantitative estimate of drug-likeness (QED) is 0.275. The third-order valence-corrected chi connectivity index (χ3v) is 7.27. The van der Waals surface area contributed by atoms with Gasteiger partial charge in [-0.1, -0.05) is 6.07 Å². The number of pyridine rings is 1. The number of anilines is 3. The number of hydrogen-bond donors (Lipinski definition) is 2. The van der Waals surface area contributed by atoms with Crippen LogP contribution >= 0.6 is 0 Å². The molecule has 1 aliphatic heterocycles. The highest BCUT2D eigenvalue weighted by Crippen LogP contribution is 2.37. The van der Waals surface area contributed by atoms with E-state index in [-0.39, 0.29) is 23.2 Å². The summed E-state index contributed by atoms with van der Waals surface area (Å²) in [5.74, 6) is 0.680. The summed E-state index contributed by atoms with van der Waals surface area (Å²) in [7, 11) is 5.63. The van der Waals surface area contributed by atoms with Crippen molar-refractivity contribution >= 4 is 23.2 Å². The number of nitrogens with zero attached hydrogens (tertiary/aromatic N) is 6. The molecule has 43 heavy (non-hydrogen) atoms. The Bertz CT molecular complexity index is 1630. The predicted molar refractivity (Wildman–Crippen MR) is 158 cm³/mol. The second-order valence-corrected chi connectivity index (χ2v) is 10.4. The number of rotatable bonds is 8. The normalized spacial score (nSPS) is 15.1. The first-order chi connectivity index (χ1) is 20.5. The molecule has 0 unspecified atom stereocenters. The van der Waals surface area contributed by atoms with Crippen molar-refractivity contribution in [1.29, 1.82) is 0 Å². The van der Waals surface area contributed by atoms with Gasteiger partial charge in [0, 0.05) is 37.9 Å². The van der Waals surface area contributed by atoms with Crippen LogP contribution in [0.25, 0.3) is 11.4 Å². The van der Waals surface area contributed by atoms with Crippen LogP contribution in [-0.2, 0) is 6.18 Å². The first-order valence-electron chi connectivity index (χ1n) is 13.6. The molecule has 13 heteroatoms. The zero-order valence-corrected chi connectivity index (χ0v) is 24.1. The first kappa shape index (κ1) is 29.7. The standard InChI is InChI=1S/C30H31F3N8O2/c1-18-7-8-19(14-25(18)43-28-22(6-5-12-35-28)26-36-17-37-29(34-2)39-26)27(42)38-23-15-20(30(31,32)33)9-10-24(23)41-13-11-21(16-41)40(3)4/h5-10,12,14-15,17,21H,11,13,16H2,1-4H3,(H,38,42)(H,34,36,37,39)/t21-/m1/s1. The van der Waals surface area contributed by atoms with E-state index in [2.05, 4.69) is 35.5 Å². The van der Waals surface area contributed by atoms with Crippen LogP contribution in [0.15, 0.2) is 61.1 Å². The van der Waals surface area contributed by atoms with Crippen molar-refractivity contribution in [3.8, 4) is 23.0 Å². The maximum Gasteiger partial charge on any atom is 0.416 e. The number of alkyl halides is 3. The van der Waals surface area contributed by atoms with E-state index in [4.69, 9.17) is 4.74 Å². The highest BCUT2D eigenvalue weighted by molar-refractivity contribution is 6.06. The Kier molecular flexibility index (Phi) is 8.44. The van der Waals surface area contributed by atoms with Crippen LogP contribution in [0, 0.1) is 6.92 Å². The molecule has 4 aromatic rings. The van der Waals surface area contributed by atoms with Crippen LogP contribution in [0.2, 0.25) is 0 Å². The van der Waals surface area contributed by atoms with Gasteiger partial charge in [-0.05, 0) is 75.5 Å². The number of benzene rings is 2. The number of likely N-dealkylation sites (N-methyl/N-ethyl adjacent to an activating group) is 1. The molecule has 1 fully saturated rings. The van der Waals surface area contributed by atoms with Crippen molar-refractivity contribution < 1.29 is 22.7 Å². The maximum atomic E-state index is 13.6. The van der Waals surface area contributed by atoms with Gasteiger partial charge < -0.3 is 25.2 Å². The lowest BCUT2D eigenvalue weighted by molar-refractivity contribution is -0.137. The molecular formula is C30H31F3N8O2. The van der Waals surface area contributed by atoms with E-state index in [1.165, 1.54) is 18.5 Å². The van der Waals surface area contributed by atoms with Gasteiger partial charge in [-0.25, -0.2) is 15.0 Å². The van der Waals surface area contributed by atoms with Crippen LogP contribution in [0.5, 0.6) is 11.6 Å². The number of carbonyl (C=O) groups excluding carboxylic acids is 1. The first-order valence-corrected chi connectivity index (χ1v) is 13.6. The Labute approximate surface area is 247 Å². The maximum absolute atomic E-state index is 13.6. The van der Waals surface area contributed by atoms with E-state index in [0.717, 1.165) is 18.6 Å². The monoisotopic (exact) mass is 592 g/mol. The number of nitrogens with one attached hydrogen (secondary N) is 2. The molecule has 0 spiro atoms. The fourth-order valence-corrected chi connectivity index (χ4v) is 4.81. The average molecular weight is 593 g/mol. The zero-order valence-electron chi connectivity index (χ0n) is 24.1. The van der Waals surface area contributed by atoms with Gasteiger partial charge in [0.2, 0.25) is 11.8 Å². The number of hydrogen-bond acceptors (Lipinski definition) is 9. The molecule has 1 aliphatic rings. The number of carbonyl (C=O) groups is 1. The minimum Gasteiger partial charge on any atom is -0.438 e. The van der Waals surface area contributed by atoms with E-state index in [0.29, 0.717) is 47.4 Å². The molecule has 5 rings (SSSR count). The molecule has 2 aromatic heterocycles. The van der Waals surface area contributed by atoms with E-state index in [9.17, 15) is 18.0 Å². The van der Waals surface area contributed by atoms with Gasteiger partial charge in [-0.2, -0.15) is 18.2 Å². The summed E-state index contributed by atoms with van der Waals surface area (Å²) in [6.07, 6.45) is -0.783. The Morgan fingerprint density at radius 3 is 2.63 bits per heavy atom. The van der Waals surface area contributed by atoms with Gasteiger partial charge in [0.05, 0.1) is 22.5 Å². The van der Waals surface area contributed by atoms with Crippen molar-refractivity contribution in [2.45, 2.75) is 25.6 Å². The van der Waals surface area contributed by atoms with Gasteiger partial charge in [-0.15, -0.1) is 0 Å². The summed E-state index contributed by atoms with van der Waals surface area (Å²) in [5.41, 5.74) is 1.20. The smallest absolute Gasteiger partial charge is 0.416 e. The third kappa shape index (κ3) is 6.67. The van der Waals surface area contributed by atoms with Crippen molar-refractivity contribution in [1.82, 2.24) is 24.8 Å². The van der Waals surface area contributed by atoms with Gasteiger partial charge in [0.1, 0.15) is 12.1 Å². The van der Waals surface area contributed by atoms with Crippen molar-refractivity contribution in [2.24, 2.45) is 0 Å². The summed E-state index contributed by atoms with van der Waals surface area (Å²) < 4.78 is 47.0. The van der Waals surface area contributed by atoms with Crippen LogP contribution in [-0.4, -0.2) is 71.0 Å². The van der Waals surface area contributed by atoms with Gasteiger partial charge >= 0.3 is 6.18 Å². The second-order valence-electron chi connectivity index (χ2n) is 10.4. The van der Waals surface area contributed by atoms with E-state index in [1.807, 2.05) is 19.0 Å². The average Bonchev–Trinajstić information content (AvgIpc) is 3.49. The minimum absolute atomic E-state index is 0.0875. The SMILES string of the molecule is CNc1ncnc(-c2cccnc2Oc2cc(C(=O)Nc3cc(C(F)(F)F)ccc3N3CC[C@@H](N(C)C)C3)ccc2C)n1. The molecule has 10 nitrogen and oxygen atoms in total. The third-order valence-electron chi connectivity index (χ3n) is 7.27. The summed E-state index contributed by atoms with van der Waals surface area (Å²) in [4.78, 5) is 34.5. The molecule has 0 bridgehead atoms. The highest BCUT2D eigenvalue weighted by Gasteiger charge is 2.33. The van der Waals surface area contributed by atoms with Gasteiger partial charge in [0.25, 0.3) is 5.91 Å². The number of ether oxygens (including phenoxy) is 1. The fourth-order valence-electron chi connectivity index (χ4n) is 4.81. The molecule has 1 amide bonds. The van der Waals surface area contributed by atoms with Crippen LogP contribution in [0.1, 0.15) is 27.9 Å². The lowest BCUT2D eigenvalue weighted by atomic mass is 10.1. The van der Waals surface area contributed by atoms with Gasteiger partial charge in [0.15, 0.2) is 5.82 Å². The molecule has 2 aromatic carbocycles. The number of halogens is 3. The molecule has 0 saturated carbocycles.